The Labute approximate surface area is 109 Å². The van der Waals surface area contributed by atoms with Gasteiger partial charge in [-0.25, -0.2) is 9.07 Å². The quantitative estimate of drug-likeness (QED) is 0.849. The van der Waals surface area contributed by atoms with Crippen LogP contribution >= 0.6 is 0 Å². The number of nitrogens with one attached hydrogen (secondary N) is 1. The maximum atomic E-state index is 12.9. The smallest absolute Gasteiger partial charge is 0.255 e. The predicted octanol–water partition coefficient (Wildman–Crippen LogP) is 1.57. The molecule has 0 unspecified atom stereocenters. The summed E-state index contributed by atoms with van der Waals surface area (Å²) in [5.74, 6) is -0.687. The van der Waals surface area contributed by atoms with Crippen molar-refractivity contribution in [2.24, 2.45) is 0 Å². The van der Waals surface area contributed by atoms with Gasteiger partial charge < -0.3 is 5.32 Å². The fourth-order valence-electron chi connectivity index (χ4n) is 1.69. The molecule has 1 N–H and O–H groups in total. The summed E-state index contributed by atoms with van der Waals surface area (Å²) in [6, 6.07) is 7.63. The van der Waals surface area contributed by atoms with Crippen LogP contribution in [0.5, 0.6) is 0 Å². The number of aromatic nitrogens is 2. The summed E-state index contributed by atoms with van der Waals surface area (Å²) in [5, 5.41) is 15.0. The number of benzene rings is 1. The van der Waals surface area contributed by atoms with Crippen molar-refractivity contribution in [1.29, 1.82) is 5.26 Å². The molecule has 0 saturated heterocycles. The molecule has 0 aliphatic carbocycles. The lowest BCUT2D eigenvalue weighted by atomic mass is 10.2. The van der Waals surface area contributed by atoms with Crippen molar-refractivity contribution in [2.75, 3.05) is 6.54 Å². The van der Waals surface area contributed by atoms with Crippen LogP contribution in [-0.4, -0.2) is 22.2 Å². The minimum Gasteiger partial charge on any atom is -0.339 e. The number of carbonyl (C=O) groups is 1. The first-order valence-electron chi connectivity index (χ1n) is 5.59. The van der Waals surface area contributed by atoms with Crippen LogP contribution in [0.2, 0.25) is 0 Å². The lowest BCUT2D eigenvalue weighted by Gasteiger charge is -2.05. The van der Waals surface area contributed by atoms with Gasteiger partial charge in [-0.3, -0.25) is 4.79 Å². The molecular weight excluding hydrogens is 247 g/mol. The van der Waals surface area contributed by atoms with Crippen molar-refractivity contribution in [1.82, 2.24) is 15.1 Å². The van der Waals surface area contributed by atoms with E-state index in [9.17, 15) is 9.18 Å². The average molecular weight is 258 g/mol. The van der Waals surface area contributed by atoms with E-state index in [-0.39, 0.29) is 18.3 Å². The van der Waals surface area contributed by atoms with Crippen LogP contribution in [0.4, 0.5) is 4.39 Å². The van der Waals surface area contributed by atoms with Crippen molar-refractivity contribution >= 4 is 5.91 Å². The molecule has 1 heterocycles. The van der Waals surface area contributed by atoms with Crippen molar-refractivity contribution in [2.45, 2.75) is 6.92 Å². The number of amides is 1. The van der Waals surface area contributed by atoms with Gasteiger partial charge in [-0.1, -0.05) is 0 Å². The molecule has 19 heavy (non-hydrogen) atoms. The zero-order valence-electron chi connectivity index (χ0n) is 10.2. The summed E-state index contributed by atoms with van der Waals surface area (Å²) < 4.78 is 14.4. The van der Waals surface area contributed by atoms with Gasteiger partial charge in [0, 0.05) is 0 Å². The molecule has 0 fully saturated rings. The third-order valence-electron chi connectivity index (χ3n) is 2.65. The first-order valence-corrected chi connectivity index (χ1v) is 5.59. The Morgan fingerprint density at radius 2 is 2.16 bits per heavy atom. The van der Waals surface area contributed by atoms with E-state index in [1.165, 1.54) is 18.3 Å². The van der Waals surface area contributed by atoms with Crippen molar-refractivity contribution in [3.8, 4) is 11.8 Å². The molecule has 0 atom stereocenters. The van der Waals surface area contributed by atoms with Crippen LogP contribution in [-0.2, 0) is 0 Å². The van der Waals surface area contributed by atoms with Crippen molar-refractivity contribution in [3.63, 3.8) is 0 Å². The zero-order chi connectivity index (χ0) is 13.8. The van der Waals surface area contributed by atoms with E-state index >= 15 is 0 Å². The highest BCUT2D eigenvalue weighted by Crippen LogP contribution is 2.14. The molecule has 96 valence electrons. The van der Waals surface area contributed by atoms with Gasteiger partial charge in [-0.2, -0.15) is 10.4 Å². The van der Waals surface area contributed by atoms with E-state index in [2.05, 4.69) is 10.4 Å². The molecule has 0 saturated carbocycles. The molecule has 2 aromatic rings. The monoisotopic (exact) mass is 258 g/mol. The number of nitrogens with zero attached hydrogens (tertiary/aromatic N) is 3. The van der Waals surface area contributed by atoms with Gasteiger partial charge in [0.05, 0.1) is 29.2 Å². The molecular formula is C13H11FN4O. The lowest BCUT2D eigenvalue weighted by molar-refractivity contribution is 0.0958. The van der Waals surface area contributed by atoms with Crippen LogP contribution in [0.1, 0.15) is 16.1 Å². The van der Waals surface area contributed by atoms with Crippen molar-refractivity contribution < 1.29 is 9.18 Å². The summed E-state index contributed by atoms with van der Waals surface area (Å²) in [6.07, 6.45) is 1.42. The summed E-state index contributed by atoms with van der Waals surface area (Å²) >= 11 is 0. The second-order valence-electron chi connectivity index (χ2n) is 3.87. The first kappa shape index (κ1) is 12.8. The van der Waals surface area contributed by atoms with Gasteiger partial charge in [0.25, 0.3) is 5.91 Å². The largest absolute Gasteiger partial charge is 0.339 e. The van der Waals surface area contributed by atoms with E-state index in [0.717, 1.165) is 0 Å². The SMILES string of the molecule is Cc1c(C(=O)NCC#N)cnn1-c1ccc(F)cc1. The van der Waals surface area contributed by atoms with E-state index in [4.69, 9.17) is 5.26 Å². The molecule has 1 aromatic carbocycles. The average Bonchev–Trinajstić information content (AvgIpc) is 2.79. The number of hydrogen-bond acceptors (Lipinski definition) is 3. The predicted molar refractivity (Wildman–Crippen MR) is 66.2 cm³/mol. The highest BCUT2D eigenvalue weighted by Gasteiger charge is 2.14. The van der Waals surface area contributed by atoms with E-state index in [1.807, 2.05) is 6.07 Å². The van der Waals surface area contributed by atoms with Crippen molar-refractivity contribution in [3.05, 3.63) is 47.5 Å². The Morgan fingerprint density at radius 1 is 1.47 bits per heavy atom. The molecule has 0 aliphatic heterocycles. The van der Waals surface area contributed by atoms with Crippen LogP contribution in [0, 0.1) is 24.1 Å². The van der Waals surface area contributed by atoms with Gasteiger partial charge in [0.1, 0.15) is 12.4 Å². The summed E-state index contributed by atoms with van der Waals surface area (Å²) in [6.45, 7) is 1.68. The molecule has 1 amide bonds. The third kappa shape index (κ3) is 2.60. The van der Waals surface area contributed by atoms with E-state index in [1.54, 1.807) is 23.7 Å². The van der Waals surface area contributed by atoms with Crippen LogP contribution in [0.3, 0.4) is 0 Å². The van der Waals surface area contributed by atoms with Crippen LogP contribution in [0.15, 0.2) is 30.5 Å². The molecule has 1 aromatic heterocycles. The highest BCUT2D eigenvalue weighted by atomic mass is 19.1. The van der Waals surface area contributed by atoms with Crippen LogP contribution in [0.25, 0.3) is 5.69 Å². The maximum absolute atomic E-state index is 12.9. The Hall–Kier alpha value is -2.68. The molecule has 0 spiro atoms. The topological polar surface area (TPSA) is 70.7 Å². The molecule has 0 radical (unpaired) electrons. The number of carbonyl (C=O) groups excluding carboxylic acids is 1. The minimum atomic E-state index is -0.354. The van der Waals surface area contributed by atoms with Gasteiger partial charge >= 0.3 is 0 Å². The second kappa shape index (κ2) is 5.31. The number of rotatable bonds is 3. The normalized spacial score (nSPS) is 9.95. The van der Waals surface area contributed by atoms with E-state index in [0.29, 0.717) is 16.9 Å². The zero-order valence-corrected chi connectivity index (χ0v) is 10.2. The van der Waals surface area contributed by atoms with E-state index < -0.39 is 0 Å². The number of hydrogen-bond donors (Lipinski definition) is 1. The summed E-state index contributed by atoms with van der Waals surface area (Å²) in [4.78, 5) is 11.7. The minimum absolute atomic E-state index is 0.0556. The molecule has 0 bridgehead atoms. The Kier molecular flexibility index (Phi) is 3.57. The van der Waals surface area contributed by atoms with Gasteiger partial charge in [-0.15, -0.1) is 0 Å². The maximum Gasteiger partial charge on any atom is 0.255 e. The molecule has 0 aliphatic rings. The molecule has 2 rings (SSSR count). The Bertz CT molecular complexity index is 640. The fraction of sp³-hybridized carbons (Fsp3) is 0.154. The fourth-order valence-corrected chi connectivity index (χ4v) is 1.69. The first-order chi connectivity index (χ1) is 9.13. The number of nitriles is 1. The van der Waals surface area contributed by atoms with Gasteiger partial charge in [0.15, 0.2) is 0 Å². The standard InChI is InChI=1S/C13H11FN4O/c1-9-12(13(19)16-7-6-15)8-17-18(9)11-4-2-10(14)3-5-11/h2-5,8H,7H2,1H3,(H,16,19). The van der Waals surface area contributed by atoms with Gasteiger partial charge in [0.2, 0.25) is 0 Å². The second-order valence-corrected chi connectivity index (χ2v) is 3.87. The molecule has 5 nitrogen and oxygen atoms in total. The van der Waals surface area contributed by atoms with Gasteiger partial charge in [-0.05, 0) is 31.2 Å². The number of halogens is 1. The molecule has 6 heteroatoms. The summed E-state index contributed by atoms with van der Waals surface area (Å²) in [5.41, 5.74) is 1.68. The Balaban J connectivity index is 2.30. The highest BCUT2D eigenvalue weighted by molar-refractivity contribution is 5.95. The Morgan fingerprint density at radius 3 is 2.79 bits per heavy atom. The third-order valence-corrected chi connectivity index (χ3v) is 2.65. The lowest BCUT2D eigenvalue weighted by Crippen LogP contribution is -2.23. The summed E-state index contributed by atoms with van der Waals surface area (Å²) in [7, 11) is 0. The van der Waals surface area contributed by atoms with Crippen LogP contribution < -0.4 is 5.32 Å².